The first kappa shape index (κ1) is 12.8. The summed E-state index contributed by atoms with van der Waals surface area (Å²) in [6.45, 7) is 5.40. The molecule has 0 saturated heterocycles. The molecule has 2 heteroatoms. The van der Waals surface area contributed by atoms with Crippen LogP contribution in [0.2, 0.25) is 0 Å². The number of benzene rings is 1. The minimum atomic E-state index is 0.00822. The Labute approximate surface area is 109 Å². The minimum Gasteiger partial charge on any atom is -0.307 e. The fourth-order valence-corrected chi connectivity index (χ4v) is 2.03. The van der Waals surface area contributed by atoms with E-state index in [0.29, 0.717) is 0 Å². The molecule has 1 heterocycles. The largest absolute Gasteiger partial charge is 0.307 e. The monoisotopic (exact) mass is 240 g/mol. The molecule has 0 saturated carbocycles. The molecule has 0 aliphatic carbocycles. The summed E-state index contributed by atoms with van der Waals surface area (Å²) in [4.78, 5) is 4.03. The summed E-state index contributed by atoms with van der Waals surface area (Å²) in [5.74, 6) is 0. The van der Waals surface area contributed by atoms with Crippen molar-refractivity contribution in [3.05, 3.63) is 66.0 Å². The number of nitrogens with zero attached hydrogens (tertiary/aromatic N) is 1. The summed E-state index contributed by atoms with van der Waals surface area (Å²) in [5.41, 5.74) is 2.65. The zero-order valence-electron chi connectivity index (χ0n) is 11.1. The molecule has 1 N–H and O–H groups in total. The predicted octanol–water partition coefficient (Wildman–Crippen LogP) is 3.15. The van der Waals surface area contributed by atoms with Crippen LogP contribution in [0.1, 0.15) is 25.0 Å². The molecule has 0 spiro atoms. The lowest BCUT2D eigenvalue weighted by Gasteiger charge is -2.27. The number of rotatable bonds is 5. The lowest BCUT2D eigenvalue weighted by molar-refractivity contribution is 0.406. The molecule has 0 aliphatic heterocycles. The Kier molecular flexibility index (Phi) is 4.11. The van der Waals surface area contributed by atoms with Gasteiger partial charge in [-0.25, -0.2) is 0 Å². The summed E-state index contributed by atoms with van der Waals surface area (Å²) in [5, 5.41) is 3.60. The van der Waals surface area contributed by atoms with E-state index in [9.17, 15) is 0 Å². The van der Waals surface area contributed by atoms with Crippen molar-refractivity contribution in [1.29, 1.82) is 0 Å². The molecule has 0 atom stereocenters. The Morgan fingerprint density at radius 1 is 1.00 bits per heavy atom. The Morgan fingerprint density at radius 3 is 2.33 bits per heavy atom. The summed E-state index contributed by atoms with van der Waals surface area (Å²) >= 11 is 0. The summed E-state index contributed by atoms with van der Waals surface area (Å²) in [6, 6.07) is 14.7. The SMILES string of the molecule is CC(C)(NCCc1ccncc1)c1ccccc1. The van der Waals surface area contributed by atoms with Crippen LogP contribution in [0.5, 0.6) is 0 Å². The molecule has 0 radical (unpaired) electrons. The summed E-state index contributed by atoms with van der Waals surface area (Å²) < 4.78 is 0. The lowest BCUT2D eigenvalue weighted by atomic mass is 9.94. The van der Waals surface area contributed by atoms with Gasteiger partial charge in [-0.15, -0.1) is 0 Å². The standard InChI is InChI=1S/C16H20N2/c1-16(2,15-6-4-3-5-7-15)18-13-10-14-8-11-17-12-9-14/h3-9,11-12,18H,10,13H2,1-2H3. The molecule has 2 aromatic rings. The summed E-state index contributed by atoms with van der Waals surface area (Å²) in [6.07, 6.45) is 4.72. The maximum Gasteiger partial charge on any atom is 0.0377 e. The Hall–Kier alpha value is -1.67. The van der Waals surface area contributed by atoms with Crippen LogP contribution in [0, 0.1) is 0 Å². The average molecular weight is 240 g/mol. The Morgan fingerprint density at radius 2 is 1.67 bits per heavy atom. The topological polar surface area (TPSA) is 24.9 Å². The highest BCUT2D eigenvalue weighted by Gasteiger charge is 2.18. The first-order chi connectivity index (χ1) is 8.68. The van der Waals surface area contributed by atoms with E-state index in [2.05, 4.69) is 66.6 Å². The quantitative estimate of drug-likeness (QED) is 0.868. The van der Waals surface area contributed by atoms with Gasteiger partial charge in [-0.05, 0) is 50.1 Å². The summed E-state index contributed by atoms with van der Waals surface area (Å²) in [7, 11) is 0. The van der Waals surface area contributed by atoms with Gasteiger partial charge in [0.2, 0.25) is 0 Å². The van der Waals surface area contributed by atoms with Gasteiger partial charge in [0.1, 0.15) is 0 Å². The molecule has 0 bridgehead atoms. The number of nitrogens with one attached hydrogen (secondary N) is 1. The van der Waals surface area contributed by atoms with E-state index in [-0.39, 0.29) is 5.54 Å². The first-order valence-electron chi connectivity index (χ1n) is 6.38. The van der Waals surface area contributed by atoms with Gasteiger partial charge in [0.15, 0.2) is 0 Å². The van der Waals surface area contributed by atoms with Gasteiger partial charge in [-0.1, -0.05) is 30.3 Å². The Balaban J connectivity index is 1.90. The number of aromatic nitrogens is 1. The van der Waals surface area contributed by atoms with Crippen molar-refractivity contribution >= 4 is 0 Å². The zero-order chi connectivity index (χ0) is 12.8. The lowest BCUT2D eigenvalue weighted by Crippen LogP contribution is -2.37. The Bertz CT molecular complexity index is 463. The van der Waals surface area contributed by atoms with Crippen molar-refractivity contribution in [2.45, 2.75) is 25.8 Å². The molecule has 0 unspecified atom stereocenters. The van der Waals surface area contributed by atoms with Gasteiger partial charge in [0.25, 0.3) is 0 Å². The molecule has 18 heavy (non-hydrogen) atoms. The van der Waals surface area contributed by atoms with Crippen molar-refractivity contribution < 1.29 is 0 Å². The van der Waals surface area contributed by atoms with Crippen LogP contribution in [0.15, 0.2) is 54.9 Å². The van der Waals surface area contributed by atoms with Gasteiger partial charge in [-0.3, -0.25) is 4.98 Å². The molecule has 0 amide bonds. The molecule has 94 valence electrons. The van der Waals surface area contributed by atoms with Crippen molar-refractivity contribution in [3.63, 3.8) is 0 Å². The molecule has 2 nitrogen and oxygen atoms in total. The van der Waals surface area contributed by atoms with Crippen molar-refractivity contribution in [3.8, 4) is 0 Å². The van der Waals surface area contributed by atoms with Crippen LogP contribution in [0.3, 0.4) is 0 Å². The van der Waals surface area contributed by atoms with Crippen molar-refractivity contribution in [1.82, 2.24) is 10.3 Å². The highest BCUT2D eigenvalue weighted by atomic mass is 14.9. The van der Waals surface area contributed by atoms with E-state index < -0.39 is 0 Å². The second kappa shape index (κ2) is 5.78. The highest BCUT2D eigenvalue weighted by Crippen LogP contribution is 2.19. The van der Waals surface area contributed by atoms with Gasteiger partial charge in [0, 0.05) is 17.9 Å². The smallest absolute Gasteiger partial charge is 0.0377 e. The van der Waals surface area contributed by atoms with E-state index in [0.717, 1.165) is 13.0 Å². The predicted molar refractivity (Wildman–Crippen MR) is 75.4 cm³/mol. The minimum absolute atomic E-state index is 0.00822. The van der Waals surface area contributed by atoms with E-state index in [1.54, 1.807) is 0 Å². The van der Waals surface area contributed by atoms with E-state index in [4.69, 9.17) is 0 Å². The molecule has 0 aliphatic rings. The third kappa shape index (κ3) is 3.41. The molecular formula is C16H20N2. The molecule has 1 aromatic heterocycles. The van der Waals surface area contributed by atoms with Crippen molar-refractivity contribution in [2.24, 2.45) is 0 Å². The van der Waals surface area contributed by atoms with Gasteiger partial charge >= 0.3 is 0 Å². The molecular weight excluding hydrogens is 220 g/mol. The first-order valence-corrected chi connectivity index (χ1v) is 6.38. The van der Waals surface area contributed by atoms with E-state index in [1.165, 1.54) is 11.1 Å². The van der Waals surface area contributed by atoms with Crippen LogP contribution in [-0.4, -0.2) is 11.5 Å². The van der Waals surface area contributed by atoms with Crippen LogP contribution in [0.4, 0.5) is 0 Å². The normalized spacial score (nSPS) is 11.4. The molecule has 2 rings (SSSR count). The highest BCUT2D eigenvalue weighted by molar-refractivity contribution is 5.22. The van der Waals surface area contributed by atoms with E-state index >= 15 is 0 Å². The third-order valence-electron chi connectivity index (χ3n) is 3.23. The maximum absolute atomic E-state index is 4.03. The fraction of sp³-hybridized carbons (Fsp3) is 0.312. The van der Waals surface area contributed by atoms with Crippen LogP contribution < -0.4 is 5.32 Å². The second-order valence-corrected chi connectivity index (χ2v) is 5.02. The van der Waals surface area contributed by atoms with Gasteiger partial charge in [-0.2, -0.15) is 0 Å². The van der Waals surface area contributed by atoms with Crippen LogP contribution >= 0.6 is 0 Å². The number of hydrogen-bond donors (Lipinski definition) is 1. The maximum atomic E-state index is 4.03. The van der Waals surface area contributed by atoms with Crippen molar-refractivity contribution in [2.75, 3.05) is 6.54 Å². The fourth-order valence-electron chi connectivity index (χ4n) is 2.03. The van der Waals surface area contributed by atoms with Gasteiger partial charge < -0.3 is 5.32 Å². The zero-order valence-corrected chi connectivity index (χ0v) is 11.1. The van der Waals surface area contributed by atoms with Crippen LogP contribution in [0.25, 0.3) is 0 Å². The number of hydrogen-bond acceptors (Lipinski definition) is 2. The molecule has 0 fully saturated rings. The second-order valence-electron chi connectivity index (χ2n) is 5.02. The molecule has 1 aromatic carbocycles. The third-order valence-corrected chi connectivity index (χ3v) is 3.23. The van der Waals surface area contributed by atoms with E-state index in [1.807, 2.05) is 12.4 Å². The average Bonchev–Trinajstić information content (AvgIpc) is 2.41. The van der Waals surface area contributed by atoms with Gasteiger partial charge in [0.05, 0.1) is 0 Å². The van der Waals surface area contributed by atoms with Crippen LogP contribution in [-0.2, 0) is 12.0 Å². The number of pyridine rings is 1.